The SMILES string of the molecule is CCN=C(N)Nc1ccc(C(F)(F)F)cc1. The van der Waals surface area contributed by atoms with E-state index in [2.05, 4.69) is 10.3 Å². The van der Waals surface area contributed by atoms with Crippen LogP contribution in [0.1, 0.15) is 12.5 Å². The Bertz CT molecular complexity index is 368. The second-order valence-corrected chi connectivity index (χ2v) is 3.06. The Balaban J connectivity index is 2.76. The van der Waals surface area contributed by atoms with E-state index in [-0.39, 0.29) is 5.96 Å². The molecule has 16 heavy (non-hydrogen) atoms. The first kappa shape index (κ1) is 12.4. The van der Waals surface area contributed by atoms with Gasteiger partial charge in [-0.05, 0) is 31.2 Å². The van der Waals surface area contributed by atoms with E-state index >= 15 is 0 Å². The third-order valence-electron chi connectivity index (χ3n) is 1.81. The van der Waals surface area contributed by atoms with Gasteiger partial charge in [-0.15, -0.1) is 0 Å². The summed E-state index contributed by atoms with van der Waals surface area (Å²) in [5.41, 5.74) is 5.24. The highest BCUT2D eigenvalue weighted by atomic mass is 19.4. The molecule has 0 fully saturated rings. The van der Waals surface area contributed by atoms with Crippen molar-refractivity contribution >= 4 is 11.6 Å². The molecule has 0 bridgehead atoms. The number of hydrogen-bond donors (Lipinski definition) is 2. The highest BCUT2D eigenvalue weighted by molar-refractivity contribution is 5.92. The number of rotatable bonds is 2. The van der Waals surface area contributed by atoms with E-state index < -0.39 is 11.7 Å². The lowest BCUT2D eigenvalue weighted by Crippen LogP contribution is -2.22. The molecule has 0 saturated heterocycles. The van der Waals surface area contributed by atoms with Gasteiger partial charge in [-0.3, -0.25) is 4.99 Å². The van der Waals surface area contributed by atoms with E-state index in [4.69, 9.17) is 5.73 Å². The van der Waals surface area contributed by atoms with Gasteiger partial charge in [0.15, 0.2) is 5.96 Å². The standard InChI is InChI=1S/C10H12F3N3/c1-2-15-9(14)16-8-5-3-7(4-6-8)10(11,12)13/h3-6H,2H2,1H3,(H3,14,15,16). The summed E-state index contributed by atoms with van der Waals surface area (Å²) in [5.74, 6) is 0.183. The summed E-state index contributed by atoms with van der Waals surface area (Å²) < 4.78 is 36.7. The maximum atomic E-state index is 12.2. The third-order valence-corrected chi connectivity index (χ3v) is 1.81. The molecule has 0 amide bonds. The van der Waals surface area contributed by atoms with Crippen molar-refractivity contribution in [2.45, 2.75) is 13.1 Å². The zero-order valence-electron chi connectivity index (χ0n) is 8.67. The van der Waals surface area contributed by atoms with Crippen LogP contribution in [0.25, 0.3) is 0 Å². The Morgan fingerprint density at radius 1 is 1.31 bits per heavy atom. The Morgan fingerprint density at radius 2 is 1.88 bits per heavy atom. The molecule has 0 radical (unpaired) electrons. The lowest BCUT2D eigenvalue weighted by Gasteiger charge is -2.08. The maximum absolute atomic E-state index is 12.2. The Morgan fingerprint density at radius 3 is 2.31 bits per heavy atom. The van der Waals surface area contributed by atoms with Crippen molar-refractivity contribution in [3.8, 4) is 0 Å². The number of nitrogens with zero attached hydrogens (tertiary/aromatic N) is 1. The minimum absolute atomic E-state index is 0.183. The number of nitrogens with one attached hydrogen (secondary N) is 1. The lowest BCUT2D eigenvalue weighted by atomic mass is 10.2. The zero-order valence-corrected chi connectivity index (χ0v) is 8.67. The number of halogens is 3. The van der Waals surface area contributed by atoms with Gasteiger partial charge in [0.1, 0.15) is 0 Å². The van der Waals surface area contributed by atoms with Crippen LogP contribution in [0.2, 0.25) is 0 Å². The molecule has 3 nitrogen and oxygen atoms in total. The molecule has 1 rings (SSSR count). The van der Waals surface area contributed by atoms with Crippen molar-refractivity contribution in [3.05, 3.63) is 29.8 Å². The van der Waals surface area contributed by atoms with Crippen LogP contribution in [-0.4, -0.2) is 12.5 Å². The molecule has 0 aliphatic carbocycles. The quantitative estimate of drug-likeness (QED) is 0.606. The number of benzene rings is 1. The smallest absolute Gasteiger partial charge is 0.370 e. The fraction of sp³-hybridized carbons (Fsp3) is 0.300. The normalized spacial score (nSPS) is 12.6. The Labute approximate surface area is 91.2 Å². The summed E-state index contributed by atoms with van der Waals surface area (Å²) in [5, 5.41) is 2.68. The van der Waals surface area contributed by atoms with Gasteiger partial charge in [0.2, 0.25) is 0 Å². The van der Waals surface area contributed by atoms with Gasteiger partial charge in [0.05, 0.1) is 5.56 Å². The minimum atomic E-state index is -4.32. The summed E-state index contributed by atoms with van der Waals surface area (Å²) in [7, 11) is 0. The molecule has 1 aromatic carbocycles. The second-order valence-electron chi connectivity index (χ2n) is 3.06. The molecule has 0 saturated carbocycles. The van der Waals surface area contributed by atoms with E-state index in [1.165, 1.54) is 12.1 Å². The molecule has 6 heteroatoms. The zero-order chi connectivity index (χ0) is 12.2. The van der Waals surface area contributed by atoms with Crippen molar-refractivity contribution < 1.29 is 13.2 Å². The summed E-state index contributed by atoms with van der Waals surface area (Å²) >= 11 is 0. The van der Waals surface area contributed by atoms with E-state index in [0.717, 1.165) is 12.1 Å². The number of guanidine groups is 1. The average Bonchev–Trinajstić information content (AvgIpc) is 2.17. The predicted molar refractivity (Wildman–Crippen MR) is 57.2 cm³/mol. The maximum Gasteiger partial charge on any atom is 0.416 e. The molecule has 3 N–H and O–H groups in total. The van der Waals surface area contributed by atoms with Crippen LogP contribution >= 0.6 is 0 Å². The van der Waals surface area contributed by atoms with Gasteiger partial charge in [-0.25, -0.2) is 0 Å². The lowest BCUT2D eigenvalue weighted by molar-refractivity contribution is -0.137. The van der Waals surface area contributed by atoms with Crippen LogP contribution in [0.15, 0.2) is 29.3 Å². The molecule has 0 atom stereocenters. The number of anilines is 1. The van der Waals surface area contributed by atoms with Gasteiger partial charge >= 0.3 is 6.18 Å². The fourth-order valence-electron chi connectivity index (χ4n) is 1.10. The van der Waals surface area contributed by atoms with Crippen LogP contribution in [0, 0.1) is 0 Å². The van der Waals surface area contributed by atoms with Crippen LogP contribution in [-0.2, 0) is 6.18 Å². The van der Waals surface area contributed by atoms with Gasteiger partial charge < -0.3 is 11.1 Å². The number of aliphatic imine (C=N–C) groups is 1. The van der Waals surface area contributed by atoms with Crippen LogP contribution in [0.5, 0.6) is 0 Å². The van der Waals surface area contributed by atoms with Crippen LogP contribution in [0.4, 0.5) is 18.9 Å². The van der Waals surface area contributed by atoms with Gasteiger partial charge in [-0.2, -0.15) is 13.2 Å². The minimum Gasteiger partial charge on any atom is -0.370 e. The highest BCUT2D eigenvalue weighted by Gasteiger charge is 2.29. The van der Waals surface area contributed by atoms with E-state index in [1.54, 1.807) is 6.92 Å². The topological polar surface area (TPSA) is 50.4 Å². The van der Waals surface area contributed by atoms with Crippen molar-refractivity contribution in [1.29, 1.82) is 0 Å². The number of hydrogen-bond acceptors (Lipinski definition) is 1. The Hall–Kier alpha value is -1.72. The first-order chi connectivity index (χ1) is 7.43. The first-order valence-electron chi connectivity index (χ1n) is 4.67. The molecule has 0 aliphatic rings. The van der Waals surface area contributed by atoms with Crippen molar-refractivity contribution in [2.75, 3.05) is 11.9 Å². The summed E-state index contributed by atoms with van der Waals surface area (Å²) in [6.07, 6.45) is -4.32. The van der Waals surface area contributed by atoms with Crippen molar-refractivity contribution in [3.63, 3.8) is 0 Å². The highest BCUT2D eigenvalue weighted by Crippen LogP contribution is 2.29. The number of alkyl halides is 3. The van der Waals surface area contributed by atoms with E-state index in [9.17, 15) is 13.2 Å². The summed E-state index contributed by atoms with van der Waals surface area (Å²) in [6, 6.07) is 4.59. The number of nitrogens with two attached hydrogens (primary N) is 1. The molecule has 0 aliphatic heterocycles. The monoisotopic (exact) mass is 231 g/mol. The molecular formula is C10H12F3N3. The Kier molecular flexibility index (Phi) is 3.76. The van der Waals surface area contributed by atoms with Crippen molar-refractivity contribution in [2.24, 2.45) is 10.7 Å². The molecule has 0 unspecified atom stereocenters. The van der Waals surface area contributed by atoms with Gasteiger partial charge in [0, 0.05) is 12.2 Å². The molecule has 0 aromatic heterocycles. The average molecular weight is 231 g/mol. The third kappa shape index (κ3) is 3.45. The van der Waals surface area contributed by atoms with Gasteiger partial charge in [0.25, 0.3) is 0 Å². The largest absolute Gasteiger partial charge is 0.416 e. The van der Waals surface area contributed by atoms with Crippen LogP contribution < -0.4 is 11.1 Å². The van der Waals surface area contributed by atoms with Crippen LogP contribution in [0.3, 0.4) is 0 Å². The second kappa shape index (κ2) is 4.87. The van der Waals surface area contributed by atoms with Crippen molar-refractivity contribution in [1.82, 2.24) is 0 Å². The first-order valence-corrected chi connectivity index (χ1v) is 4.67. The molecule has 88 valence electrons. The van der Waals surface area contributed by atoms with E-state index in [0.29, 0.717) is 12.2 Å². The molecule has 1 aromatic rings. The fourth-order valence-corrected chi connectivity index (χ4v) is 1.10. The van der Waals surface area contributed by atoms with E-state index in [1.807, 2.05) is 0 Å². The summed E-state index contributed by atoms with van der Waals surface area (Å²) in [4.78, 5) is 3.85. The van der Waals surface area contributed by atoms with Gasteiger partial charge in [-0.1, -0.05) is 0 Å². The molecular weight excluding hydrogens is 219 g/mol. The predicted octanol–water partition coefficient (Wildman–Crippen LogP) is 2.45. The summed E-state index contributed by atoms with van der Waals surface area (Å²) in [6.45, 7) is 2.32. The molecule has 0 spiro atoms. The molecule has 0 heterocycles.